The summed E-state index contributed by atoms with van der Waals surface area (Å²) in [5.74, 6) is -0.0427. The van der Waals surface area contributed by atoms with Gasteiger partial charge in [-0.25, -0.2) is 0 Å². The van der Waals surface area contributed by atoms with E-state index in [9.17, 15) is 4.79 Å². The fraction of sp³-hybridized carbons (Fsp3) is 0.348. The van der Waals surface area contributed by atoms with E-state index in [0.717, 1.165) is 34.9 Å². The van der Waals surface area contributed by atoms with Crippen LogP contribution in [0.5, 0.6) is 0 Å². The highest BCUT2D eigenvalue weighted by atomic mass is 35.5. The van der Waals surface area contributed by atoms with Crippen molar-refractivity contribution in [2.24, 2.45) is 0 Å². The Morgan fingerprint density at radius 3 is 2.59 bits per heavy atom. The van der Waals surface area contributed by atoms with Crippen molar-refractivity contribution in [1.82, 2.24) is 10.3 Å². The lowest BCUT2D eigenvalue weighted by Gasteiger charge is -2.20. The molecule has 3 nitrogen and oxygen atoms in total. The summed E-state index contributed by atoms with van der Waals surface area (Å²) in [7, 11) is 0. The van der Waals surface area contributed by atoms with Gasteiger partial charge in [0.05, 0.1) is 0 Å². The van der Waals surface area contributed by atoms with Crippen LogP contribution >= 0.6 is 11.6 Å². The number of H-pyrrole nitrogens is 1. The lowest BCUT2D eigenvalue weighted by Crippen LogP contribution is -2.33. The third-order valence-electron chi connectivity index (χ3n) is 5.28. The predicted molar refractivity (Wildman–Crippen MR) is 113 cm³/mol. The summed E-state index contributed by atoms with van der Waals surface area (Å²) in [6.07, 6.45) is 4.28. The first-order valence-electron chi connectivity index (χ1n) is 9.67. The van der Waals surface area contributed by atoms with Gasteiger partial charge in [-0.15, -0.1) is 0 Å². The number of aryl methyl sites for hydroxylation is 1. The third-order valence-corrected chi connectivity index (χ3v) is 5.62. The summed E-state index contributed by atoms with van der Waals surface area (Å²) in [5.41, 5.74) is 4.53. The third kappa shape index (κ3) is 4.19. The van der Waals surface area contributed by atoms with Crippen LogP contribution in [0.2, 0.25) is 5.02 Å². The van der Waals surface area contributed by atoms with Crippen molar-refractivity contribution >= 4 is 28.4 Å². The van der Waals surface area contributed by atoms with Crippen LogP contribution in [0.15, 0.2) is 48.7 Å². The molecule has 0 radical (unpaired) electrons. The molecule has 2 atom stereocenters. The molecular weight excluding hydrogens is 356 g/mol. The number of halogens is 1. The number of aromatic nitrogens is 1. The molecule has 2 aromatic carbocycles. The van der Waals surface area contributed by atoms with E-state index >= 15 is 0 Å². The van der Waals surface area contributed by atoms with E-state index in [2.05, 4.69) is 42.3 Å². The first-order valence-corrected chi connectivity index (χ1v) is 10.1. The predicted octanol–water partition coefficient (Wildman–Crippen LogP) is 5.82. The zero-order valence-corrected chi connectivity index (χ0v) is 16.9. The van der Waals surface area contributed by atoms with Crippen LogP contribution < -0.4 is 5.32 Å². The number of nitrogens with one attached hydrogen (secondary N) is 2. The minimum Gasteiger partial charge on any atom is -0.361 e. The second-order valence-electron chi connectivity index (χ2n) is 7.09. The average Bonchev–Trinajstić information content (AvgIpc) is 3.10. The number of hydrogen-bond donors (Lipinski definition) is 2. The Labute approximate surface area is 166 Å². The minimum absolute atomic E-state index is 0.0512. The van der Waals surface area contributed by atoms with Gasteiger partial charge in [0.1, 0.15) is 0 Å². The maximum absolute atomic E-state index is 12.7. The van der Waals surface area contributed by atoms with Crippen molar-refractivity contribution in [2.75, 3.05) is 0 Å². The number of carbonyl (C=O) groups excluding carboxylic acids is 1. The molecule has 1 aromatic heterocycles. The lowest BCUT2D eigenvalue weighted by molar-refractivity contribution is -0.121. The molecule has 0 saturated heterocycles. The van der Waals surface area contributed by atoms with E-state index in [1.165, 1.54) is 5.56 Å². The second kappa shape index (κ2) is 8.62. The van der Waals surface area contributed by atoms with Crippen molar-refractivity contribution in [3.05, 3.63) is 70.4 Å². The van der Waals surface area contributed by atoms with E-state index in [0.29, 0.717) is 11.4 Å². The smallest absolute Gasteiger partial charge is 0.221 e. The topological polar surface area (TPSA) is 44.9 Å². The Hall–Kier alpha value is -2.26. The summed E-state index contributed by atoms with van der Waals surface area (Å²) < 4.78 is 0. The fourth-order valence-corrected chi connectivity index (χ4v) is 3.86. The molecular formula is C23H27ClN2O. The molecule has 0 saturated carbocycles. The minimum atomic E-state index is -0.0939. The number of carbonyl (C=O) groups is 1. The van der Waals surface area contributed by atoms with Gasteiger partial charge in [0.25, 0.3) is 0 Å². The Morgan fingerprint density at radius 2 is 1.89 bits per heavy atom. The molecule has 4 heteroatoms. The van der Waals surface area contributed by atoms with Crippen LogP contribution in [0.3, 0.4) is 0 Å². The van der Waals surface area contributed by atoms with Gasteiger partial charge in [0, 0.05) is 40.5 Å². The monoisotopic (exact) mass is 382 g/mol. The number of aromatic amines is 1. The van der Waals surface area contributed by atoms with E-state index < -0.39 is 0 Å². The van der Waals surface area contributed by atoms with Crippen molar-refractivity contribution in [2.45, 2.75) is 52.0 Å². The van der Waals surface area contributed by atoms with Gasteiger partial charge in [-0.3, -0.25) is 4.79 Å². The van der Waals surface area contributed by atoms with Crippen molar-refractivity contribution in [3.8, 4) is 0 Å². The molecule has 3 rings (SSSR count). The zero-order chi connectivity index (χ0) is 19.4. The second-order valence-corrected chi connectivity index (χ2v) is 7.50. The summed E-state index contributed by atoms with van der Waals surface area (Å²) >= 11 is 6.52. The molecule has 0 aliphatic heterocycles. The van der Waals surface area contributed by atoms with E-state index in [-0.39, 0.29) is 17.9 Å². The van der Waals surface area contributed by atoms with Gasteiger partial charge in [0.2, 0.25) is 5.91 Å². The standard InChI is InChI=1S/C23H27ClN2O/c1-4-15(3)26-22(27)13-19(17-10-6-7-12-21(17)24)20-14-25-23-16(5-2)9-8-11-18(20)23/h6-12,14-15,19,25H,4-5,13H2,1-3H3,(H,26,27). The number of amides is 1. The highest BCUT2D eigenvalue weighted by Crippen LogP contribution is 2.37. The van der Waals surface area contributed by atoms with E-state index in [1.807, 2.05) is 37.4 Å². The molecule has 0 aliphatic rings. The molecule has 0 aliphatic carbocycles. The highest BCUT2D eigenvalue weighted by molar-refractivity contribution is 6.31. The first kappa shape index (κ1) is 19.5. The summed E-state index contributed by atoms with van der Waals surface area (Å²) in [5, 5.41) is 4.95. The van der Waals surface area contributed by atoms with Gasteiger partial charge in [0.15, 0.2) is 0 Å². The number of rotatable bonds is 7. The highest BCUT2D eigenvalue weighted by Gasteiger charge is 2.24. The van der Waals surface area contributed by atoms with Gasteiger partial charge in [-0.1, -0.05) is 61.8 Å². The molecule has 27 heavy (non-hydrogen) atoms. The van der Waals surface area contributed by atoms with E-state index in [1.54, 1.807) is 0 Å². The van der Waals surface area contributed by atoms with Crippen LogP contribution in [0.4, 0.5) is 0 Å². The molecule has 1 heterocycles. The Bertz CT molecular complexity index is 931. The zero-order valence-electron chi connectivity index (χ0n) is 16.2. The van der Waals surface area contributed by atoms with Gasteiger partial charge in [-0.2, -0.15) is 0 Å². The van der Waals surface area contributed by atoms with Crippen molar-refractivity contribution < 1.29 is 4.79 Å². The Morgan fingerprint density at radius 1 is 1.11 bits per heavy atom. The molecule has 142 valence electrons. The van der Waals surface area contributed by atoms with Gasteiger partial charge < -0.3 is 10.3 Å². The van der Waals surface area contributed by atoms with Gasteiger partial charge >= 0.3 is 0 Å². The molecule has 3 aromatic rings. The molecule has 2 unspecified atom stereocenters. The van der Waals surface area contributed by atoms with Crippen molar-refractivity contribution in [3.63, 3.8) is 0 Å². The summed E-state index contributed by atoms with van der Waals surface area (Å²) in [6.45, 7) is 6.25. The fourth-order valence-electron chi connectivity index (χ4n) is 3.59. The average molecular weight is 383 g/mol. The number of para-hydroxylation sites is 1. The molecule has 1 amide bonds. The largest absolute Gasteiger partial charge is 0.361 e. The normalized spacial score (nSPS) is 13.5. The first-order chi connectivity index (χ1) is 13.0. The molecule has 0 bridgehead atoms. The molecule has 0 fully saturated rings. The van der Waals surface area contributed by atoms with E-state index in [4.69, 9.17) is 11.6 Å². The van der Waals surface area contributed by atoms with Crippen LogP contribution in [0.1, 0.15) is 56.2 Å². The Kier molecular flexibility index (Phi) is 6.22. The SMILES string of the molecule is CCc1cccc2c(C(CC(=O)NC(C)CC)c3ccccc3Cl)c[nH]c12. The number of hydrogen-bond acceptors (Lipinski definition) is 1. The maximum atomic E-state index is 12.7. The quantitative estimate of drug-likeness (QED) is 0.531. The maximum Gasteiger partial charge on any atom is 0.221 e. The number of fused-ring (bicyclic) bond motifs is 1. The molecule has 2 N–H and O–H groups in total. The lowest BCUT2D eigenvalue weighted by atomic mass is 9.87. The van der Waals surface area contributed by atoms with Crippen molar-refractivity contribution in [1.29, 1.82) is 0 Å². The summed E-state index contributed by atoms with van der Waals surface area (Å²) in [6, 6.07) is 14.3. The van der Waals surface area contributed by atoms with Crippen LogP contribution in [-0.2, 0) is 11.2 Å². The Balaban J connectivity index is 2.05. The van der Waals surface area contributed by atoms with Crippen LogP contribution in [-0.4, -0.2) is 16.9 Å². The summed E-state index contributed by atoms with van der Waals surface area (Å²) in [4.78, 5) is 16.1. The molecule has 0 spiro atoms. The van der Waals surface area contributed by atoms with Crippen LogP contribution in [0.25, 0.3) is 10.9 Å². The van der Waals surface area contributed by atoms with Gasteiger partial charge in [-0.05, 0) is 42.5 Å². The van der Waals surface area contributed by atoms with Crippen LogP contribution in [0, 0.1) is 0 Å². The number of benzene rings is 2.